The summed E-state index contributed by atoms with van der Waals surface area (Å²) in [6.45, 7) is 0.273. The maximum atomic E-state index is 11.1. The predicted molar refractivity (Wildman–Crippen MR) is 80.3 cm³/mol. The molecule has 0 unspecified atom stereocenters. The molecular weight excluding hydrogens is 294 g/mol. The molecule has 0 spiro atoms. The van der Waals surface area contributed by atoms with Crippen LogP contribution in [-0.2, 0) is 9.84 Å². The van der Waals surface area contributed by atoms with E-state index in [4.69, 9.17) is 15.2 Å². The first-order valence-corrected chi connectivity index (χ1v) is 8.35. The topological polar surface area (TPSA) is 104 Å². The summed E-state index contributed by atoms with van der Waals surface area (Å²) in [6.07, 6.45) is 2.98. The van der Waals surface area contributed by atoms with Crippen LogP contribution in [0.25, 0.3) is 10.9 Å². The van der Waals surface area contributed by atoms with Crippen molar-refractivity contribution in [2.45, 2.75) is 6.42 Å². The quantitative estimate of drug-likeness (QED) is 0.794. The van der Waals surface area contributed by atoms with Gasteiger partial charge in [-0.25, -0.2) is 18.4 Å². The number of nitrogens with zero attached hydrogens (tertiary/aromatic N) is 2. The lowest BCUT2D eigenvalue weighted by molar-refractivity contribution is 0.295. The zero-order valence-electron chi connectivity index (χ0n) is 11.9. The van der Waals surface area contributed by atoms with Gasteiger partial charge in [0.2, 0.25) is 0 Å². The normalized spacial score (nSPS) is 11.5. The number of sulfone groups is 1. The van der Waals surface area contributed by atoms with E-state index in [1.54, 1.807) is 12.1 Å². The lowest BCUT2D eigenvalue weighted by atomic mass is 10.2. The number of rotatable bonds is 6. The summed E-state index contributed by atoms with van der Waals surface area (Å²) >= 11 is 0. The summed E-state index contributed by atoms with van der Waals surface area (Å²) < 4.78 is 33.0. The van der Waals surface area contributed by atoms with Crippen molar-refractivity contribution < 1.29 is 17.9 Å². The molecule has 0 aliphatic carbocycles. The number of aromatic nitrogens is 2. The van der Waals surface area contributed by atoms with Gasteiger partial charge in [0, 0.05) is 17.7 Å². The fraction of sp³-hybridized carbons (Fsp3) is 0.385. The Bertz CT molecular complexity index is 746. The summed E-state index contributed by atoms with van der Waals surface area (Å²) in [7, 11) is -1.46. The first-order chi connectivity index (χ1) is 9.90. The molecule has 2 rings (SSSR count). The largest absolute Gasteiger partial charge is 0.493 e. The SMILES string of the molecule is COc1cc2c(N)ncnc2cc1OCCCS(C)(=O)=O. The van der Waals surface area contributed by atoms with Gasteiger partial charge >= 0.3 is 0 Å². The van der Waals surface area contributed by atoms with Crippen molar-refractivity contribution in [3.63, 3.8) is 0 Å². The van der Waals surface area contributed by atoms with Crippen molar-refractivity contribution in [3.05, 3.63) is 18.5 Å². The van der Waals surface area contributed by atoms with Gasteiger partial charge in [-0.1, -0.05) is 0 Å². The molecule has 21 heavy (non-hydrogen) atoms. The highest BCUT2D eigenvalue weighted by Gasteiger charge is 2.10. The molecule has 0 saturated carbocycles. The second kappa shape index (κ2) is 6.13. The van der Waals surface area contributed by atoms with Crippen molar-refractivity contribution in [1.29, 1.82) is 0 Å². The summed E-state index contributed by atoms with van der Waals surface area (Å²) in [5.41, 5.74) is 6.43. The minimum absolute atomic E-state index is 0.0814. The molecule has 1 aromatic carbocycles. The third kappa shape index (κ3) is 3.94. The molecule has 0 aliphatic rings. The van der Waals surface area contributed by atoms with E-state index in [1.165, 1.54) is 19.7 Å². The fourth-order valence-corrected chi connectivity index (χ4v) is 2.50. The Morgan fingerprint density at radius 3 is 2.67 bits per heavy atom. The molecule has 0 bridgehead atoms. The van der Waals surface area contributed by atoms with Gasteiger partial charge in [0.25, 0.3) is 0 Å². The van der Waals surface area contributed by atoms with E-state index < -0.39 is 9.84 Å². The van der Waals surface area contributed by atoms with Gasteiger partial charge in [0.1, 0.15) is 22.0 Å². The van der Waals surface area contributed by atoms with E-state index in [0.717, 1.165) is 0 Å². The van der Waals surface area contributed by atoms with E-state index in [2.05, 4.69) is 9.97 Å². The van der Waals surface area contributed by atoms with Gasteiger partial charge in [-0.2, -0.15) is 0 Å². The van der Waals surface area contributed by atoms with Crippen molar-refractivity contribution in [2.75, 3.05) is 31.5 Å². The van der Waals surface area contributed by atoms with Crippen molar-refractivity contribution >= 4 is 26.6 Å². The lowest BCUT2D eigenvalue weighted by Crippen LogP contribution is -2.08. The van der Waals surface area contributed by atoms with E-state index in [-0.39, 0.29) is 12.4 Å². The van der Waals surface area contributed by atoms with E-state index in [9.17, 15) is 8.42 Å². The molecule has 114 valence electrons. The molecule has 2 aromatic rings. The highest BCUT2D eigenvalue weighted by atomic mass is 32.2. The Morgan fingerprint density at radius 1 is 1.24 bits per heavy atom. The van der Waals surface area contributed by atoms with Gasteiger partial charge in [0.05, 0.1) is 25.0 Å². The number of methoxy groups -OCH3 is 1. The van der Waals surface area contributed by atoms with E-state index in [0.29, 0.717) is 34.6 Å². The summed E-state index contributed by atoms with van der Waals surface area (Å²) in [4.78, 5) is 8.04. The number of anilines is 1. The van der Waals surface area contributed by atoms with Crippen LogP contribution in [0.15, 0.2) is 18.5 Å². The first-order valence-electron chi connectivity index (χ1n) is 6.29. The van der Waals surface area contributed by atoms with Crippen LogP contribution < -0.4 is 15.2 Å². The van der Waals surface area contributed by atoms with Crippen LogP contribution in [0.1, 0.15) is 6.42 Å². The molecule has 0 saturated heterocycles. The number of nitrogen functional groups attached to an aromatic ring is 1. The number of hydrogen-bond donors (Lipinski definition) is 1. The fourth-order valence-electron chi connectivity index (χ4n) is 1.86. The molecule has 1 heterocycles. The van der Waals surface area contributed by atoms with Gasteiger partial charge in [-0.15, -0.1) is 0 Å². The maximum absolute atomic E-state index is 11.1. The van der Waals surface area contributed by atoms with Crippen LogP contribution in [0.4, 0.5) is 5.82 Å². The van der Waals surface area contributed by atoms with Crippen molar-refractivity contribution in [1.82, 2.24) is 9.97 Å². The molecule has 0 atom stereocenters. The van der Waals surface area contributed by atoms with Crippen LogP contribution >= 0.6 is 0 Å². The Morgan fingerprint density at radius 2 is 2.00 bits per heavy atom. The van der Waals surface area contributed by atoms with Gasteiger partial charge in [0.15, 0.2) is 11.5 Å². The molecule has 0 amide bonds. The summed E-state index contributed by atoms with van der Waals surface area (Å²) in [5, 5.41) is 0.679. The Balaban J connectivity index is 2.19. The Hall–Kier alpha value is -2.09. The molecule has 0 radical (unpaired) electrons. The van der Waals surface area contributed by atoms with Crippen LogP contribution in [0.5, 0.6) is 11.5 Å². The van der Waals surface area contributed by atoms with Crippen molar-refractivity contribution in [2.24, 2.45) is 0 Å². The molecule has 0 aliphatic heterocycles. The number of hydrogen-bond acceptors (Lipinski definition) is 7. The summed E-state index contributed by atoms with van der Waals surface area (Å²) in [6, 6.07) is 3.41. The molecular formula is C13H17N3O4S. The highest BCUT2D eigenvalue weighted by Crippen LogP contribution is 2.33. The Labute approximate surface area is 123 Å². The lowest BCUT2D eigenvalue weighted by Gasteiger charge is -2.12. The molecule has 7 nitrogen and oxygen atoms in total. The molecule has 2 N–H and O–H groups in total. The maximum Gasteiger partial charge on any atom is 0.163 e. The molecule has 0 fully saturated rings. The van der Waals surface area contributed by atoms with Gasteiger partial charge in [-0.05, 0) is 12.5 Å². The second-order valence-electron chi connectivity index (χ2n) is 4.61. The standard InChI is InChI=1S/C13H17N3O4S/c1-19-11-6-9-10(15-8-16-13(9)14)7-12(11)20-4-3-5-21(2,17)18/h6-8H,3-5H2,1-2H3,(H2,14,15,16). The predicted octanol–water partition coefficient (Wildman–Crippen LogP) is 1.03. The van der Waals surface area contributed by atoms with Gasteiger partial charge < -0.3 is 15.2 Å². The number of nitrogens with two attached hydrogens (primary N) is 1. The Kier molecular flexibility index (Phi) is 4.46. The minimum atomic E-state index is -2.98. The zero-order chi connectivity index (χ0) is 15.5. The van der Waals surface area contributed by atoms with Crippen LogP contribution in [0.2, 0.25) is 0 Å². The average molecular weight is 311 g/mol. The van der Waals surface area contributed by atoms with Crippen molar-refractivity contribution in [3.8, 4) is 11.5 Å². The van der Waals surface area contributed by atoms with E-state index in [1.807, 2.05) is 0 Å². The average Bonchev–Trinajstić information content (AvgIpc) is 2.42. The number of ether oxygens (including phenoxy) is 2. The third-order valence-electron chi connectivity index (χ3n) is 2.87. The zero-order valence-corrected chi connectivity index (χ0v) is 12.7. The van der Waals surface area contributed by atoms with Crippen LogP contribution in [0.3, 0.4) is 0 Å². The summed E-state index contributed by atoms with van der Waals surface area (Å²) in [5.74, 6) is 1.44. The highest BCUT2D eigenvalue weighted by molar-refractivity contribution is 7.90. The monoisotopic (exact) mass is 311 g/mol. The molecule has 8 heteroatoms. The smallest absolute Gasteiger partial charge is 0.163 e. The third-order valence-corrected chi connectivity index (χ3v) is 3.90. The molecule has 1 aromatic heterocycles. The van der Waals surface area contributed by atoms with Crippen LogP contribution in [0, 0.1) is 0 Å². The number of fused-ring (bicyclic) bond motifs is 1. The first kappa shape index (κ1) is 15.3. The number of benzene rings is 1. The van der Waals surface area contributed by atoms with E-state index >= 15 is 0 Å². The second-order valence-corrected chi connectivity index (χ2v) is 6.87. The van der Waals surface area contributed by atoms with Crippen LogP contribution in [-0.4, -0.2) is 44.1 Å². The van der Waals surface area contributed by atoms with Gasteiger partial charge in [-0.3, -0.25) is 0 Å². The minimum Gasteiger partial charge on any atom is -0.493 e.